The minimum atomic E-state index is -0.360. The maximum Gasteiger partial charge on any atom is 0.319 e. The molecule has 0 atom stereocenters. The van der Waals surface area contributed by atoms with Gasteiger partial charge in [-0.3, -0.25) is 4.79 Å². The predicted molar refractivity (Wildman–Crippen MR) is 102 cm³/mol. The normalized spacial score (nSPS) is 10.3. The molecule has 0 radical (unpaired) electrons. The number of rotatable bonds is 6. The Balaban J connectivity index is 1.56. The number of carbonyl (C=O) groups is 1. The Morgan fingerprint density at radius 3 is 2.88 bits per heavy atom. The Morgan fingerprint density at radius 1 is 1.23 bits per heavy atom. The van der Waals surface area contributed by atoms with E-state index in [2.05, 4.69) is 15.7 Å². The first-order valence-electron chi connectivity index (χ1n) is 7.96. The van der Waals surface area contributed by atoms with Crippen LogP contribution in [-0.2, 0) is 6.54 Å². The molecule has 2 heterocycles. The summed E-state index contributed by atoms with van der Waals surface area (Å²) in [5, 5.41) is 11.7. The Morgan fingerprint density at radius 2 is 2.12 bits per heavy atom. The number of hydrogen-bond acceptors (Lipinski definition) is 5. The van der Waals surface area contributed by atoms with E-state index in [1.165, 1.54) is 10.7 Å². The topological polar surface area (TPSA) is 85.2 Å². The zero-order chi connectivity index (χ0) is 18.4. The minimum absolute atomic E-state index is 0.208. The van der Waals surface area contributed by atoms with Crippen LogP contribution in [-0.4, -0.2) is 29.5 Å². The van der Waals surface area contributed by atoms with E-state index in [4.69, 9.17) is 4.74 Å². The molecule has 2 N–H and O–H groups in total. The van der Waals surface area contributed by atoms with E-state index < -0.39 is 0 Å². The lowest BCUT2D eigenvalue weighted by Crippen LogP contribution is -2.34. The third-order valence-electron chi connectivity index (χ3n) is 3.58. The van der Waals surface area contributed by atoms with E-state index in [1.54, 1.807) is 48.8 Å². The van der Waals surface area contributed by atoms with Crippen molar-refractivity contribution in [3.63, 3.8) is 0 Å². The Kier molecular flexibility index (Phi) is 5.65. The van der Waals surface area contributed by atoms with E-state index in [-0.39, 0.29) is 24.7 Å². The number of hydrogen-bond donors (Lipinski definition) is 2. The molecule has 26 heavy (non-hydrogen) atoms. The SMILES string of the molecule is COc1cccc(NC(=O)NCCn2nc(-c3cccs3)ccc2=O)c1. The van der Waals surface area contributed by atoms with Gasteiger partial charge in [-0.05, 0) is 29.6 Å². The number of ether oxygens (including phenoxy) is 1. The Bertz CT molecular complexity index is 938. The number of amides is 2. The highest BCUT2D eigenvalue weighted by molar-refractivity contribution is 7.13. The smallest absolute Gasteiger partial charge is 0.319 e. The molecule has 0 aliphatic rings. The predicted octanol–water partition coefficient (Wildman–Crippen LogP) is 2.80. The maximum atomic E-state index is 12.0. The van der Waals surface area contributed by atoms with Crippen molar-refractivity contribution < 1.29 is 9.53 Å². The highest BCUT2D eigenvalue weighted by Gasteiger charge is 2.06. The van der Waals surface area contributed by atoms with Gasteiger partial charge in [0, 0.05) is 24.4 Å². The van der Waals surface area contributed by atoms with Crippen molar-refractivity contribution in [3.05, 3.63) is 64.3 Å². The van der Waals surface area contributed by atoms with Crippen LogP contribution in [0.15, 0.2) is 58.7 Å². The van der Waals surface area contributed by atoms with Crippen LogP contribution in [0.25, 0.3) is 10.6 Å². The van der Waals surface area contributed by atoms with Gasteiger partial charge in [0.15, 0.2) is 0 Å². The molecule has 0 unspecified atom stereocenters. The second kappa shape index (κ2) is 8.30. The largest absolute Gasteiger partial charge is 0.497 e. The van der Waals surface area contributed by atoms with Crippen LogP contribution >= 0.6 is 11.3 Å². The fourth-order valence-electron chi connectivity index (χ4n) is 2.32. The second-order valence-electron chi connectivity index (χ2n) is 5.37. The molecule has 0 aliphatic heterocycles. The van der Waals surface area contributed by atoms with Gasteiger partial charge >= 0.3 is 6.03 Å². The van der Waals surface area contributed by atoms with Crippen molar-refractivity contribution >= 4 is 23.1 Å². The molecule has 1 aromatic carbocycles. The van der Waals surface area contributed by atoms with Crippen molar-refractivity contribution in [3.8, 4) is 16.3 Å². The van der Waals surface area contributed by atoms with Gasteiger partial charge in [-0.2, -0.15) is 5.10 Å². The van der Waals surface area contributed by atoms with Crippen LogP contribution in [0.4, 0.5) is 10.5 Å². The number of carbonyl (C=O) groups excluding carboxylic acids is 1. The maximum absolute atomic E-state index is 12.0. The number of methoxy groups -OCH3 is 1. The molecule has 0 aliphatic carbocycles. The van der Waals surface area contributed by atoms with E-state index in [9.17, 15) is 9.59 Å². The standard InChI is InChI=1S/C18H18N4O3S/c1-25-14-5-2-4-13(12-14)20-18(24)19-9-10-22-17(23)8-7-15(21-22)16-6-3-11-26-16/h2-8,11-12H,9-10H2,1H3,(H2,19,20,24). The number of anilines is 1. The van der Waals surface area contributed by atoms with E-state index in [0.717, 1.165) is 10.6 Å². The molecule has 0 saturated carbocycles. The average Bonchev–Trinajstić information content (AvgIpc) is 3.18. The van der Waals surface area contributed by atoms with Crippen LogP contribution in [0.5, 0.6) is 5.75 Å². The summed E-state index contributed by atoms with van der Waals surface area (Å²) in [5.41, 5.74) is 1.15. The van der Waals surface area contributed by atoms with Gasteiger partial charge in [0.1, 0.15) is 11.4 Å². The summed E-state index contributed by atoms with van der Waals surface area (Å²) in [6.45, 7) is 0.556. The quantitative estimate of drug-likeness (QED) is 0.699. The highest BCUT2D eigenvalue weighted by atomic mass is 32.1. The van der Waals surface area contributed by atoms with Gasteiger partial charge in [0.05, 0.1) is 18.5 Å². The number of benzene rings is 1. The fourth-order valence-corrected chi connectivity index (χ4v) is 3.01. The summed E-state index contributed by atoms with van der Waals surface area (Å²) in [7, 11) is 1.56. The third kappa shape index (κ3) is 4.48. The zero-order valence-electron chi connectivity index (χ0n) is 14.1. The van der Waals surface area contributed by atoms with Crippen molar-refractivity contribution in [1.82, 2.24) is 15.1 Å². The molecule has 3 aromatic rings. The third-order valence-corrected chi connectivity index (χ3v) is 4.47. The first-order valence-corrected chi connectivity index (χ1v) is 8.84. The van der Waals surface area contributed by atoms with Crippen LogP contribution in [0, 0.1) is 0 Å². The van der Waals surface area contributed by atoms with E-state index in [1.807, 2.05) is 17.5 Å². The van der Waals surface area contributed by atoms with Gasteiger partial charge in [-0.25, -0.2) is 9.48 Å². The molecule has 0 bridgehead atoms. The van der Waals surface area contributed by atoms with Gasteiger partial charge in [-0.1, -0.05) is 12.1 Å². The highest BCUT2D eigenvalue weighted by Crippen LogP contribution is 2.21. The van der Waals surface area contributed by atoms with Crippen molar-refractivity contribution in [2.24, 2.45) is 0 Å². The average molecular weight is 370 g/mol. The van der Waals surface area contributed by atoms with Crippen LogP contribution in [0.1, 0.15) is 0 Å². The molecular weight excluding hydrogens is 352 g/mol. The zero-order valence-corrected chi connectivity index (χ0v) is 15.0. The number of nitrogens with zero attached hydrogens (tertiary/aromatic N) is 2. The van der Waals surface area contributed by atoms with Crippen LogP contribution in [0.3, 0.4) is 0 Å². The van der Waals surface area contributed by atoms with Gasteiger partial charge < -0.3 is 15.4 Å². The molecule has 0 fully saturated rings. The monoisotopic (exact) mass is 370 g/mol. The summed E-state index contributed by atoms with van der Waals surface area (Å²) in [6, 6.07) is 13.8. The van der Waals surface area contributed by atoms with Gasteiger partial charge in [0.2, 0.25) is 0 Å². The summed E-state index contributed by atoms with van der Waals surface area (Å²) in [6.07, 6.45) is 0. The lowest BCUT2D eigenvalue weighted by molar-refractivity contribution is 0.251. The molecule has 0 spiro atoms. The lowest BCUT2D eigenvalue weighted by Gasteiger charge is -2.10. The molecule has 8 heteroatoms. The first-order chi connectivity index (χ1) is 12.7. The van der Waals surface area contributed by atoms with E-state index >= 15 is 0 Å². The lowest BCUT2D eigenvalue weighted by atomic mass is 10.3. The number of urea groups is 1. The fraction of sp³-hybridized carbons (Fsp3) is 0.167. The summed E-state index contributed by atoms with van der Waals surface area (Å²) < 4.78 is 6.46. The molecule has 2 amide bonds. The Hall–Kier alpha value is -3.13. The number of aromatic nitrogens is 2. The summed E-state index contributed by atoms with van der Waals surface area (Å²) in [4.78, 5) is 24.9. The van der Waals surface area contributed by atoms with Crippen molar-refractivity contribution in [2.75, 3.05) is 19.0 Å². The van der Waals surface area contributed by atoms with Crippen molar-refractivity contribution in [2.45, 2.75) is 6.54 Å². The van der Waals surface area contributed by atoms with Gasteiger partial charge in [-0.15, -0.1) is 11.3 Å². The molecule has 0 saturated heterocycles. The van der Waals surface area contributed by atoms with Gasteiger partial charge in [0.25, 0.3) is 5.56 Å². The Labute approximate surface area is 154 Å². The number of thiophene rings is 1. The first kappa shape index (κ1) is 17.7. The minimum Gasteiger partial charge on any atom is -0.497 e. The molecule has 7 nitrogen and oxygen atoms in total. The summed E-state index contributed by atoms with van der Waals surface area (Å²) in [5.74, 6) is 0.656. The van der Waals surface area contributed by atoms with Crippen LogP contribution in [0.2, 0.25) is 0 Å². The van der Waals surface area contributed by atoms with Crippen molar-refractivity contribution in [1.29, 1.82) is 0 Å². The molecular formula is C18H18N4O3S. The summed E-state index contributed by atoms with van der Waals surface area (Å²) >= 11 is 1.56. The second-order valence-corrected chi connectivity index (χ2v) is 6.32. The van der Waals surface area contributed by atoms with E-state index in [0.29, 0.717) is 11.4 Å². The van der Waals surface area contributed by atoms with Crippen LogP contribution < -0.4 is 20.9 Å². The molecule has 3 rings (SSSR count). The molecule has 2 aromatic heterocycles. The molecule has 134 valence electrons. The number of nitrogens with one attached hydrogen (secondary N) is 2.